The lowest BCUT2D eigenvalue weighted by atomic mass is 10.0. The van der Waals surface area contributed by atoms with Gasteiger partial charge in [-0.25, -0.2) is 0 Å². The predicted octanol–water partition coefficient (Wildman–Crippen LogP) is 7.86. The highest BCUT2D eigenvalue weighted by Crippen LogP contribution is 2.12. The van der Waals surface area contributed by atoms with Gasteiger partial charge < -0.3 is 56.8 Å². The zero-order valence-corrected chi connectivity index (χ0v) is 35.9. The molecule has 0 heterocycles. The van der Waals surface area contributed by atoms with E-state index in [0.717, 1.165) is 26.1 Å². The molecule has 0 aromatic heterocycles. The molecule has 12 nitrogen and oxygen atoms in total. The van der Waals surface area contributed by atoms with Crippen LogP contribution in [0.15, 0.2) is 0 Å². The number of hydrogen-bond donors (Lipinski definition) is 0. The molecule has 0 aromatic rings. The molecule has 0 radical (unpaired) electrons. The summed E-state index contributed by atoms with van der Waals surface area (Å²) < 4.78 is 66.4. The van der Waals surface area contributed by atoms with Crippen LogP contribution in [-0.4, -0.2) is 159 Å². The molecule has 0 N–H and O–H groups in total. The van der Waals surface area contributed by atoms with E-state index in [0.29, 0.717) is 145 Å². The quantitative estimate of drug-likeness (QED) is 0.0559. The number of unbranched alkanes of at least 4 members (excludes halogenated alkanes) is 15. The molecule has 0 rings (SSSR count). The van der Waals surface area contributed by atoms with Gasteiger partial charge in [-0.2, -0.15) is 0 Å². The normalized spacial score (nSPS) is 11.7. The monoisotopic (exact) mass is 797 g/mol. The van der Waals surface area contributed by atoms with Gasteiger partial charge in [0.2, 0.25) is 0 Å². The maximum atomic E-state index is 5.68. The maximum Gasteiger partial charge on any atom is 0.0701 e. The molecule has 0 amide bonds. The van der Waals surface area contributed by atoms with Crippen molar-refractivity contribution >= 4 is 0 Å². The largest absolute Gasteiger partial charge is 0.379 e. The van der Waals surface area contributed by atoms with Crippen molar-refractivity contribution in [2.45, 2.75) is 123 Å². The number of hydrogen-bond acceptors (Lipinski definition) is 12. The van der Waals surface area contributed by atoms with Crippen molar-refractivity contribution in [3.8, 4) is 0 Å². The third-order valence-corrected chi connectivity index (χ3v) is 8.63. The van der Waals surface area contributed by atoms with Crippen LogP contribution in [0.4, 0.5) is 0 Å². The summed E-state index contributed by atoms with van der Waals surface area (Å²) in [5.41, 5.74) is 0. The van der Waals surface area contributed by atoms with Crippen LogP contribution in [-0.2, 0) is 56.8 Å². The minimum absolute atomic E-state index is 0.522. The molecular formula is C43H88O12. The van der Waals surface area contributed by atoms with Gasteiger partial charge in [0, 0.05) is 13.2 Å². The summed E-state index contributed by atoms with van der Waals surface area (Å²) in [6, 6.07) is 0. The third kappa shape index (κ3) is 53.5. The molecule has 0 aliphatic rings. The van der Waals surface area contributed by atoms with Gasteiger partial charge in [0.05, 0.1) is 145 Å². The van der Waals surface area contributed by atoms with Crippen molar-refractivity contribution in [3.63, 3.8) is 0 Å². The Bertz CT molecular complexity index is 597. The van der Waals surface area contributed by atoms with E-state index in [4.69, 9.17) is 56.8 Å². The summed E-state index contributed by atoms with van der Waals surface area (Å²) in [5.74, 6) is 0. The first-order valence-electron chi connectivity index (χ1n) is 22.3. The Morgan fingerprint density at radius 1 is 0.145 bits per heavy atom. The van der Waals surface area contributed by atoms with Crippen LogP contribution in [0.2, 0.25) is 0 Å². The SMILES string of the molecule is CCCCCCCCCCCCCCCOCCOCCOCCOCCOCCOCCOCCOCCOCCOCCOCCOCCCCCC. The van der Waals surface area contributed by atoms with E-state index in [1.54, 1.807) is 0 Å². The molecule has 0 bridgehead atoms. The Kier molecular flexibility index (Phi) is 53.1. The molecule has 0 fully saturated rings. The van der Waals surface area contributed by atoms with Gasteiger partial charge in [0.1, 0.15) is 0 Å². The zero-order valence-electron chi connectivity index (χ0n) is 35.9. The summed E-state index contributed by atoms with van der Waals surface area (Å²) in [6.07, 6.45) is 22.7. The van der Waals surface area contributed by atoms with Crippen LogP contribution in [0, 0.1) is 0 Å². The molecule has 0 aromatic carbocycles. The molecule has 0 unspecified atom stereocenters. The van der Waals surface area contributed by atoms with Gasteiger partial charge in [-0.3, -0.25) is 0 Å². The second-order valence-corrected chi connectivity index (χ2v) is 13.7. The minimum atomic E-state index is 0.522. The van der Waals surface area contributed by atoms with Crippen molar-refractivity contribution in [3.05, 3.63) is 0 Å². The van der Waals surface area contributed by atoms with Crippen molar-refractivity contribution in [2.75, 3.05) is 159 Å². The Morgan fingerprint density at radius 2 is 0.273 bits per heavy atom. The van der Waals surface area contributed by atoms with Crippen molar-refractivity contribution in [1.82, 2.24) is 0 Å². The first kappa shape index (κ1) is 54.5. The average molecular weight is 797 g/mol. The Balaban J connectivity index is 3.05. The average Bonchev–Trinajstić information content (AvgIpc) is 3.20. The molecule has 332 valence electrons. The van der Waals surface area contributed by atoms with Gasteiger partial charge in [-0.05, 0) is 12.8 Å². The first-order valence-corrected chi connectivity index (χ1v) is 22.3. The smallest absolute Gasteiger partial charge is 0.0701 e. The summed E-state index contributed by atoms with van der Waals surface area (Å²) >= 11 is 0. The standard InChI is InChI=1S/C43H88O12/c1-3-5-7-9-10-11-12-13-14-15-16-17-19-21-45-23-25-47-27-29-49-31-33-51-35-37-53-39-41-55-43-42-54-40-38-52-36-34-50-32-30-48-28-26-46-24-22-44-20-18-8-6-4-2/h3-43H2,1-2H3. The van der Waals surface area contributed by atoms with E-state index in [-0.39, 0.29) is 0 Å². The highest BCUT2D eigenvalue weighted by molar-refractivity contribution is 4.49. The summed E-state index contributed by atoms with van der Waals surface area (Å²) in [4.78, 5) is 0. The van der Waals surface area contributed by atoms with Crippen molar-refractivity contribution < 1.29 is 56.8 Å². The summed E-state index contributed by atoms with van der Waals surface area (Å²) in [6.45, 7) is 18.4. The predicted molar refractivity (Wildman–Crippen MR) is 220 cm³/mol. The highest BCUT2D eigenvalue weighted by atomic mass is 16.6. The van der Waals surface area contributed by atoms with Gasteiger partial charge in [0.25, 0.3) is 0 Å². The van der Waals surface area contributed by atoms with E-state index < -0.39 is 0 Å². The van der Waals surface area contributed by atoms with Crippen LogP contribution in [0.1, 0.15) is 123 Å². The fourth-order valence-electron chi connectivity index (χ4n) is 5.37. The van der Waals surface area contributed by atoms with Crippen molar-refractivity contribution in [2.24, 2.45) is 0 Å². The Hall–Kier alpha value is -0.480. The van der Waals surface area contributed by atoms with Crippen LogP contribution in [0.3, 0.4) is 0 Å². The molecule has 0 saturated carbocycles. The van der Waals surface area contributed by atoms with E-state index in [1.165, 1.54) is 96.3 Å². The maximum absolute atomic E-state index is 5.68. The van der Waals surface area contributed by atoms with Crippen molar-refractivity contribution in [1.29, 1.82) is 0 Å². The Labute approximate surface area is 337 Å². The lowest BCUT2D eigenvalue weighted by Crippen LogP contribution is -2.15. The summed E-state index contributed by atoms with van der Waals surface area (Å²) in [7, 11) is 0. The second kappa shape index (κ2) is 53.5. The van der Waals surface area contributed by atoms with E-state index in [2.05, 4.69) is 13.8 Å². The lowest BCUT2D eigenvalue weighted by molar-refractivity contribution is -0.0284. The minimum Gasteiger partial charge on any atom is -0.379 e. The van der Waals surface area contributed by atoms with E-state index in [9.17, 15) is 0 Å². The van der Waals surface area contributed by atoms with Gasteiger partial charge in [-0.1, -0.05) is 110 Å². The zero-order chi connectivity index (χ0) is 39.5. The van der Waals surface area contributed by atoms with Crippen LogP contribution < -0.4 is 0 Å². The van der Waals surface area contributed by atoms with Crippen LogP contribution in [0.25, 0.3) is 0 Å². The number of rotatable bonds is 52. The topological polar surface area (TPSA) is 111 Å². The fourth-order valence-corrected chi connectivity index (χ4v) is 5.37. The molecule has 0 saturated heterocycles. The van der Waals surface area contributed by atoms with E-state index in [1.807, 2.05) is 0 Å². The lowest BCUT2D eigenvalue weighted by Gasteiger charge is -2.09. The third-order valence-electron chi connectivity index (χ3n) is 8.63. The van der Waals surface area contributed by atoms with Gasteiger partial charge in [0.15, 0.2) is 0 Å². The van der Waals surface area contributed by atoms with Crippen LogP contribution in [0.5, 0.6) is 0 Å². The van der Waals surface area contributed by atoms with E-state index >= 15 is 0 Å². The molecular weight excluding hydrogens is 708 g/mol. The highest BCUT2D eigenvalue weighted by Gasteiger charge is 1.98. The van der Waals surface area contributed by atoms with Crippen LogP contribution >= 0.6 is 0 Å². The molecule has 0 spiro atoms. The summed E-state index contributed by atoms with van der Waals surface area (Å²) in [5, 5.41) is 0. The molecule has 0 aliphatic heterocycles. The molecule has 55 heavy (non-hydrogen) atoms. The van der Waals surface area contributed by atoms with Gasteiger partial charge >= 0.3 is 0 Å². The fraction of sp³-hybridized carbons (Fsp3) is 1.00. The first-order chi connectivity index (χ1) is 27.4. The Morgan fingerprint density at radius 3 is 0.455 bits per heavy atom. The molecule has 0 atom stereocenters. The molecule has 12 heteroatoms. The second-order valence-electron chi connectivity index (χ2n) is 13.7. The number of ether oxygens (including phenoxy) is 12. The van der Waals surface area contributed by atoms with Gasteiger partial charge in [-0.15, -0.1) is 0 Å². The molecule has 0 aliphatic carbocycles.